The van der Waals surface area contributed by atoms with E-state index in [1.807, 2.05) is 5.38 Å². The largest absolute Gasteiger partial charge is 0.350 e. The Hall–Kier alpha value is -2.03. The van der Waals surface area contributed by atoms with Gasteiger partial charge in [0.1, 0.15) is 10.8 Å². The van der Waals surface area contributed by atoms with E-state index in [4.69, 9.17) is 0 Å². The zero-order valence-corrected chi connectivity index (χ0v) is 14.1. The van der Waals surface area contributed by atoms with Gasteiger partial charge in [-0.3, -0.25) is 9.56 Å². The predicted octanol–water partition coefficient (Wildman–Crippen LogP) is 2.72. The van der Waals surface area contributed by atoms with Crippen molar-refractivity contribution in [1.29, 1.82) is 0 Å². The number of nitrogens with zero attached hydrogens (tertiary/aromatic N) is 4. The quantitative estimate of drug-likeness (QED) is 0.626. The number of thiazole rings is 1. The van der Waals surface area contributed by atoms with E-state index < -0.39 is 6.55 Å². The van der Waals surface area contributed by atoms with Crippen molar-refractivity contribution in [3.05, 3.63) is 34.3 Å². The highest BCUT2D eigenvalue weighted by Gasteiger charge is 2.12. The molecular formula is C14H20F2N6S. The second-order valence-electron chi connectivity index (χ2n) is 5.13. The van der Waals surface area contributed by atoms with Crippen LogP contribution in [0, 0.1) is 0 Å². The van der Waals surface area contributed by atoms with Crippen LogP contribution in [0.1, 0.15) is 42.8 Å². The second kappa shape index (κ2) is 8.00. The molecule has 0 fully saturated rings. The Morgan fingerprint density at radius 2 is 2.09 bits per heavy atom. The number of hydrogen-bond acceptors (Lipinski definition) is 4. The van der Waals surface area contributed by atoms with Crippen LogP contribution in [-0.2, 0) is 13.1 Å². The summed E-state index contributed by atoms with van der Waals surface area (Å²) >= 11 is 1.58. The van der Waals surface area contributed by atoms with Gasteiger partial charge in [0, 0.05) is 24.8 Å². The predicted molar refractivity (Wildman–Crippen MR) is 86.7 cm³/mol. The number of alkyl halides is 2. The Labute approximate surface area is 137 Å². The zero-order chi connectivity index (χ0) is 16.8. The molecule has 2 rings (SSSR count). The van der Waals surface area contributed by atoms with Crippen LogP contribution < -0.4 is 10.6 Å². The van der Waals surface area contributed by atoms with Gasteiger partial charge in [0.25, 0.3) is 0 Å². The molecule has 6 nitrogen and oxygen atoms in total. The molecule has 2 aromatic rings. The summed E-state index contributed by atoms with van der Waals surface area (Å²) < 4.78 is 26.3. The molecule has 0 spiro atoms. The maximum atomic E-state index is 12.7. The Morgan fingerprint density at radius 3 is 2.70 bits per heavy atom. The molecule has 0 aromatic carbocycles. The molecule has 0 amide bonds. The zero-order valence-electron chi connectivity index (χ0n) is 13.3. The topological polar surface area (TPSA) is 67.1 Å². The number of aliphatic imine (C=N–C) groups is 1. The Kier molecular flexibility index (Phi) is 6.03. The average Bonchev–Trinajstić information content (AvgIpc) is 3.16. The highest BCUT2D eigenvalue weighted by molar-refractivity contribution is 7.09. The number of aromatic nitrogens is 3. The van der Waals surface area contributed by atoms with Gasteiger partial charge in [-0.25, -0.2) is 9.97 Å². The van der Waals surface area contributed by atoms with Crippen LogP contribution in [0.4, 0.5) is 8.78 Å². The number of imidazole rings is 1. The summed E-state index contributed by atoms with van der Waals surface area (Å²) in [5.74, 6) is 1.15. The van der Waals surface area contributed by atoms with Crippen molar-refractivity contribution in [2.24, 2.45) is 4.99 Å². The minimum Gasteiger partial charge on any atom is -0.350 e. The van der Waals surface area contributed by atoms with Gasteiger partial charge in [-0.1, -0.05) is 13.8 Å². The molecule has 0 atom stereocenters. The lowest BCUT2D eigenvalue weighted by atomic mass is 10.2. The smallest absolute Gasteiger partial charge is 0.319 e. The van der Waals surface area contributed by atoms with Gasteiger partial charge in [-0.15, -0.1) is 11.3 Å². The van der Waals surface area contributed by atoms with Crippen molar-refractivity contribution in [2.75, 3.05) is 7.05 Å². The second-order valence-corrected chi connectivity index (χ2v) is 6.07. The molecule has 0 unspecified atom stereocenters. The molecule has 0 radical (unpaired) electrons. The van der Waals surface area contributed by atoms with E-state index in [0.717, 1.165) is 15.3 Å². The molecule has 0 saturated heterocycles. The van der Waals surface area contributed by atoms with Crippen molar-refractivity contribution in [3.8, 4) is 0 Å². The lowest BCUT2D eigenvalue weighted by Gasteiger charge is -2.11. The van der Waals surface area contributed by atoms with E-state index in [2.05, 4.69) is 39.4 Å². The molecule has 0 aliphatic rings. The maximum Gasteiger partial charge on any atom is 0.319 e. The lowest BCUT2D eigenvalue weighted by molar-refractivity contribution is 0.0668. The van der Waals surface area contributed by atoms with Crippen LogP contribution >= 0.6 is 11.3 Å². The first-order chi connectivity index (χ1) is 11.0. The fourth-order valence-electron chi connectivity index (χ4n) is 1.87. The molecule has 0 bridgehead atoms. The van der Waals surface area contributed by atoms with E-state index in [1.165, 1.54) is 12.4 Å². The van der Waals surface area contributed by atoms with E-state index in [0.29, 0.717) is 18.4 Å². The highest BCUT2D eigenvalue weighted by atomic mass is 32.1. The van der Waals surface area contributed by atoms with E-state index in [9.17, 15) is 8.78 Å². The van der Waals surface area contributed by atoms with Crippen molar-refractivity contribution < 1.29 is 8.78 Å². The van der Waals surface area contributed by atoms with E-state index in [1.54, 1.807) is 18.4 Å². The molecule has 23 heavy (non-hydrogen) atoms. The van der Waals surface area contributed by atoms with Gasteiger partial charge in [0.15, 0.2) is 5.96 Å². The highest BCUT2D eigenvalue weighted by Crippen LogP contribution is 2.17. The Bertz CT molecular complexity index is 649. The molecule has 2 aromatic heterocycles. The van der Waals surface area contributed by atoms with E-state index in [-0.39, 0.29) is 12.4 Å². The average molecular weight is 342 g/mol. The van der Waals surface area contributed by atoms with Crippen LogP contribution in [0.25, 0.3) is 0 Å². The van der Waals surface area contributed by atoms with Crippen LogP contribution in [-0.4, -0.2) is 27.5 Å². The molecule has 0 aliphatic carbocycles. The summed E-state index contributed by atoms with van der Waals surface area (Å²) in [5, 5.41) is 9.07. The molecule has 0 aliphatic heterocycles. The molecular weight excluding hydrogens is 322 g/mol. The minimum atomic E-state index is -2.60. The molecule has 9 heteroatoms. The van der Waals surface area contributed by atoms with Gasteiger partial charge >= 0.3 is 6.55 Å². The summed E-state index contributed by atoms with van der Waals surface area (Å²) in [5.41, 5.74) is 1.06. The van der Waals surface area contributed by atoms with Gasteiger partial charge in [0.05, 0.1) is 18.8 Å². The number of rotatable bonds is 6. The minimum absolute atomic E-state index is 0.159. The van der Waals surface area contributed by atoms with Gasteiger partial charge in [-0.05, 0) is 5.92 Å². The van der Waals surface area contributed by atoms with Crippen molar-refractivity contribution in [1.82, 2.24) is 25.2 Å². The van der Waals surface area contributed by atoms with Crippen LogP contribution in [0.3, 0.4) is 0 Å². The lowest BCUT2D eigenvalue weighted by Crippen LogP contribution is -2.37. The van der Waals surface area contributed by atoms with Gasteiger partial charge in [0.2, 0.25) is 0 Å². The molecule has 126 valence electrons. The van der Waals surface area contributed by atoms with Crippen molar-refractivity contribution in [3.63, 3.8) is 0 Å². The molecule has 2 N–H and O–H groups in total. The van der Waals surface area contributed by atoms with E-state index >= 15 is 0 Å². The third kappa shape index (κ3) is 4.72. The fraction of sp³-hybridized carbons (Fsp3) is 0.500. The summed E-state index contributed by atoms with van der Waals surface area (Å²) in [7, 11) is 1.62. The number of guanidine groups is 1. The molecule has 0 saturated carbocycles. The van der Waals surface area contributed by atoms with Gasteiger partial charge in [-0.2, -0.15) is 8.78 Å². The van der Waals surface area contributed by atoms with Gasteiger partial charge < -0.3 is 10.6 Å². The van der Waals surface area contributed by atoms with Crippen molar-refractivity contribution >= 4 is 17.3 Å². The first-order valence-corrected chi connectivity index (χ1v) is 8.08. The maximum absolute atomic E-state index is 12.7. The third-order valence-corrected chi connectivity index (χ3v) is 4.03. The first-order valence-electron chi connectivity index (χ1n) is 7.20. The van der Waals surface area contributed by atoms with Crippen LogP contribution in [0.5, 0.6) is 0 Å². The number of halogens is 2. The van der Waals surface area contributed by atoms with Crippen molar-refractivity contribution in [2.45, 2.75) is 39.4 Å². The third-order valence-electron chi connectivity index (χ3n) is 3.16. The molecule has 2 heterocycles. The Balaban J connectivity index is 1.87. The monoisotopic (exact) mass is 342 g/mol. The standard InChI is InChI=1S/C14H20F2N6S/c1-9(2)10-8-23-12(21-10)7-20-14(17-3)19-6-11-18-4-5-22(11)13(15)16/h4-5,8-9,13H,6-7H2,1-3H3,(H2,17,19,20). The fourth-order valence-corrected chi connectivity index (χ4v) is 2.77. The normalized spacial score (nSPS) is 12.2. The Morgan fingerprint density at radius 1 is 1.35 bits per heavy atom. The number of nitrogens with one attached hydrogen (secondary N) is 2. The SMILES string of the molecule is CN=C(NCc1nc(C(C)C)cs1)NCc1nccn1C(F)F. The summed E-state index contributed by atoms with van der Waals surface area (Å²) in [6.45, 7) is 2.27. The van der Waals surface area contributed by atoms with Crippen LogP contribution in [0.15, 0.2) is 22.8 Å². The van der Waals surface area contributed by atoms with Crippen LogP contribution in [0.2, 0.25) is 0 Å². The summed E-state index contributed by atoms with van der Waals surface area (Å²) in [6, 6.07) is 0. The number of hydrogen-bond donors (Lipinski definition) is 2. The first kappa shape index (κ1) is 17.3. The summed E-state index contributed by atoms with van der Waals surface area (Å²) in [4.78, 5) is 12.5. The summed E-state index contributed by atoms with van der Waals surface area (Å²) in [6.07, 6.45) is 2.60.